The highest BCUT2D eigenvalue weighted by molar-refractivity contribution is 5.82. The van der Waals surface area contributed by atoms with Crippen molar-refractivity contribution in [2.45, 2.75) is 26.7 Å². The summed E-state index contributed by atoms with van der Waals surface area (Å²) in [6.45, 7) is 6.51. The van der Waals surface area contributed by atoms with Gasteiger partial charge in [-0.15, -0.1) is 0 Å². The van der Waals surface area contributed by atoms with Gasteiger partial charge in [-0.05, 0) is 25.3 Å². The maximum Gasteiger partial charge on any atom is 0.230 e. The normalized spacial score (nSPS) is 19.8. The summed E-state index contributed by atoms with van der Waals surface area (Å²) < 4.78 is 5.09. The number of amides is 1. The van der Waals surface area contributed by atoms with Crippen molar-refractivity contribution >= 4 is 5.91 Å². The van der Waals surface area contributed by atoms with Crippen LogP contribution in [0.15, 0.2) is 11.6 Å². The molecule has 1 amide bonds. The number of carbonyl (C=O) groups excluding carboxylic acids is 1. The number of hydrogen-bond acceptors (Lipinski definition) is 3. The third kappa shape index (κ3) is 3.30. The largest absolute Gasteiger partial charge is 0.380 e. The predicted octanol–water partition coefficient (Wildman–Crippen LogP) is 1.17. The number of carbonyl (C=O) groups is 1. The molecular formula is C13H24N2O2. The Bertz CT molecular complexity index is 296. The van der Waals surface area contributed by atoms with Crippen LogP contribution in [0.2, 0.25) is 0 Å². The first-order valence-electron chi connectivity index (χ1n) is 6.23. The van der Waals surface area contributed by atoms with E-state index < -0.39 is 5.41 Å². The van der Waals surface area contributed by atoms with Crippen LogP contribution in [0.25, 0.3) is 0 Å². The fourth-order valence-corrected chi connectivity index (χ4v) is 1.98. The van der Waals surface area contributed by atoms with Gasteiger partial charge in [-0.1, -0.05) is 13.0 Å². The Kier molecular flexibility index (Phi) is 5.15. The smallest absolute Gasteiger partial charge is 0.230 e. The van der Waals surface area contributed by atoms with Crippen LogP contribution < -0.4 is 5.73 Å². The van der Waals surface area contributed by atoms with E-state index in [1.165, 1.54) is 5.57 Å². The number of nitrogens with two attached hydrogens (primary N) is 1. The van der Waals surface area contributed by atoms with Gasteiger partial charge >= 0.3 is 0 Å². The van der Waals surface area contributed by atoms with Crippen LogP contribution >= 0.6 is 0 Å². The fourth-order valence-electron chi connectivity index (χ4n) is 1.98. The van der Waals surface area contributed by atoms with Crippen LogP contribution in [0.4, 0.5) is 0 Å². The first-order valence-corrected chi connectivity index (χ1v) is 6.23. The van der Waals surface area contributed by atoms with E-state index in [2.05, 4.69) is 6.08 Å². The van der Waals surface area contributed by atoms with Gasteiger partial charge in [0, 0.05) is 26.7 Å². The van der Waals surface area contributed by atoms with Gasteiger partial charge in [0.2, 0.25) is 5.91 Å². The second-order valence-corrected chi connectivity index (χ2v) is 4.91. The summed E-state index contributed by atoms with van der Waals surface area (Å²) >= 11 is 0. The van der Waals surface area contributed by atoms with Gasteiger partial charge in [0.05, 0.1) is 12.0 Å². The first-order chi connectivity index (χ1) is 8.07. The highest BCUT2D eigenvalue weighted by atomic mass is 16.5. The molecule has 0 aromatic heterocycles. The zero-order valence-electron chi connectivity index (χ0n) is 11.2. The van der Waals surface area contributed by atoms with Crippen LogP contribution in [-0.4, -0.2) is 44.2 Å². The van der Waals surface area contributed by atoms with Crippen LogP contribution in [0.3, 0.4) is 0 Å². The number of methoxy groups -OCH3 is 1. The van der Waals surface area contributed by atoms with Gasteiger partial charge in [-0.25, -0.2) is 0 Å². The lowest BCUT2D eigenvalue weighted by molar-refractivity contribution is -0.140. The first kappa shape index (κ1) is 14.2. The van der Waals surface area contributed by atoms with Crippen LogP contribution in [0.5, 0.6) is 0 Å². The molecule has 1 aliphatic heterocycles. The Morgan fingerprint density at radius 3 is 2.76 bits per heavy atom. The number of rotatable bonds is 5. The summed E-state index contributed by atoms with van der Waals surface area (Å²) in [6, 6.07) is 0. The summed E-state index contributed by atoms with van der Waals surface area (Å²) in [6.07, 6.45) is 3.79. The molecule has 0 saturated heterocycles. The summed E-state index contributed by atoms with van der Waals surface area (Å²) in [5.74, 6) is 0.176. The van der Waals surface area contributed by atoms with Crippen LogP contribution in [-0.2, 0) is 9.53 Å². The van der Waals surface area contributed by atoms with Gasteiger partial charge in [0.15, 0.2) is 0 Å². The quantitative estimate of drug-likeness (QED) is 0.734. The minimum atomic E-state index is -0.410. The van der Waals surface area contributed by atoms with Crippen molar-refractivity contribution in [3.8, 4) is 0 Å². The van der Waals surface area contributed by atoms with Gasteiger partial charge in [-0.2, -0.15) is 0 Å². The Balaban J connectivity index is 2.62. The SMILES string of the molecule is CCC(C)(CN)C(=O)N1CC=C(COC)CC1. The van der Waals surface area contributed by atoms with Crippen molar-refractivity contribution in [3.05, 3.63) is 11.6 Å². The third-order valence-corrected chi connectivity index (χ3v) is 3.67. The maximum absolute atomic E-state index is 12.3. The number of nitrogens with zero attached hydrogens (tertiary/aromatic N) is 1. The van der Waals surface area contributed by atoms with Crippen molar-refractivity contribution in [2.75, 3.05) is 33.4 Å². The average molecular weight is 240 g/mol. The van der Waals surface area contributed by atoms with E-state index in [-0.39, 0.29) is 5.91 Å². The Labute approximate surface area is 104 Å². The van der Waals surface area contributed by atoms with Crippen LogP contribution in [0, 0.1) is 5.41 Å². The molecule has 0 saturated carbocycles. The molecule has 1 atom stereocenters. The average Bonchev–Trinajstić information content (AvgIpc) is 2.38. The van der Waals surface area contributed by atoms with Crippen molar-refractivity contribution in [2.24, 2.45) is 11.1 Å². The van der Waals surface area contributed by atoms with E-state index in [0.717, 1.165) is 19.4 Å². The molecule has 0 spiro atoms. The highest BCUT2D eigenvalue weighted by Gasteiger charge is 2.34. The molecule has 0 aliphatic carbocycles. The molecule has 2 N–H and O–H groups in total. The number of ether oxygens (including phenoxy) is 1. The Morgan fingerprint density at radius 2 is 2.35 bits per heavy atom. The molecule has 4 nitrogen and oxygen atoms in total. The van der Waals surface area contributed by atoms with E-state index in [0.29, 0.717) is 19.7 Å². The standard InChI is InChI=1S/C13H24N2O2/c1-4-13(2,10-14)12(16)15-7-5-11(6-8-15)9-17-3/h5H,4,6-10,14H2,1-3H3. The molecule has 1 aliphatic rings. The molecule has 0 radical (unpaired) electrons. The fraction of sp³-hybridized carbons (Fsp3) is 0.769. The molecular weight excluding hydrogens is 216 g/mol. The zero-order valence-corrected chi connectivity index (χ0v) is 11.2. The van der Waals surface area contributed by atoms with E-state index in [4.69, 9.17) is 10.5 Å². The van der Waals surface area contributed by atoms with Gasteiger partial charge in [-0.3, -0.25) is 4.79 Å². The van der Waals surface area contributed by atoms with E-state index in [9.17, 15) is 4.79 Å². The van der Waals surface area contributed by atoms with E-state index >= 15 is 0 Å². The molecule has 1 heterocycles. The summed E-state index contributed by atoms with van der Waals surface area (Å²) in [7, 11) is 1.70. The lowest BCUT2D eigenvalue weighted by atomic mass is 9.85. The van der Waals surface area contributed by atoms with Gasteiger partial charge in [0.1, 0.15) is 0 Å². The molecule has 0 bridgehead atoms. The summed E-state index contributed by atoms with van der Waals surface area (Å²) in [4.78, 5) is 14.2. The van der Waals surface area contributed by atoms with E-state index in [1.54, 1.807) is 7.11 Å². The minimum Gasteiger partial charge on any atom is -0.380 e. The lowest BCUT2D eigenvalue weighted by Crippen LogP contribution is -2.47. The van der Waals surface area contributed by atoms with Crippen molar-refractivity contribution in [1.29, 1.82) is 0 Å². The Hall–Kier alpha value is -0.870. The molecule has 4 heteroatoms. The van der Waals surface area contributed by atoms with Crippen LogP contribution in [0.1, 0.15) is 26.7 Å². The molecule has 1 rings (SSSR count). The summed E-state index contributed by atoms with van der Waals surface area (Å²) in [5.41, 5.74) is 6.59. The highest BCUT2D eigenvalue weighted by Crippen LogP contribution is 2.24. The predicted molar refractivity (Wildman–Crippen MR) is 68.6 cm³/mol. The second kappa shape index (κ2) is 6.17. The van der Waals surface area contributed by atoms with Gasteiger partial charge in [0.25, 0.3) is 0 Å². The minimum absolute atomic E-state index is 0.176. The molecule has 0 aromatic carbocycles. The van der Waals surface area contributed by atoms with Crippen molar-refractivity contribution < 1.29 is 9.53 Å². The molecule has 17 heavy (non-hydrogen) atoms. The number of hydrogen-bond donors (Lipinski definition) is 1. The molecule has 1 unspecified atom stereocenters. The molecule has 0 fully saturated rings. The lowest BCUT2D eigenvalue weighted by Gasteiger charge is -2.34. The maximum atomic E-state index is 12.3. The third-order valence-electron chi connectivity index (χ3n) is 3.67. The second-order valence-electron chi connectivity index (χ2n) is 4.91. The van der Waals surface area contributed by atoms with Crippen molar-refractivity contribution in [1.82, 2.24) is 4.90 Å². The van der Waals surface area contributed by atoms with E-state index in [1.807, 2.05) is 18.7 Å². The topological polar surface area (TPSA) is 55.6 Å². The van der Waals surface area contributed by atoms with Gasteiger partial charge < -0.3 is 15.4 Å². The molecule has 0 aromatic rings. The summed E-state index contributed by atoms with van der Waals surface area (Å²) in [5, 5.41) is 0. The molecule has 98 valence electrons. The monoisotopic (exact) mass is 240 g/mol. The zero-order chi connectivity index (χ0) is 12.9. The van der Waals surface area contributed by atoms with Crippen molar-refractivity contribution in [3.63, 3.8) is 0 Å². The Morgan fingerprint density at radius 1 is 1.65 bits per heavy atom.